The maximum absolute atomic E-state index is 13.0. The summed E-state index contributed by atoms with van der Waals surface area (Å²) < 4.78 is 0. The Labute approximate surface area is 164 Å². The number of hydrogen-bond acceptors (Lipinski definition) is 3. The van der Waals surface area contributed by atoms with Crippen LogP contribution in [0.4, 0.5) is 0 Å². The molecule has 0 unspecified atom stereocenters. The minimum atomic E-state index is -0.0146. The third-order valence-corrected chi connectivity index (χ3v) is 6.76. The van der Waals surface area contributed by atoms with Crippen LogP contribution in [0.2, 0.25) is 0 Å². The van der Waals surface area contributed by atoms with E-state index in [0.717, 1.165) is 44.2 Å². The van der Waals surface area contributed by atoms with E-state index in [1.54, 1.807) is 11.3 Å². The molecule has 0 spiro atoms. The van der Waals surface area contributed by atoms with Crippen molar-refractivity contribution in [3.63, 3.8) is 0 Å². The van der Waals surface area contributed by atoms with Crippen molar-refractivity contribution in [2.75, 3.05) is 13.1 Å². The van der Waals surface area contributed by atoms with E-state index in [2.05, 4.69) is 28.9 Å². The Balaban J connectivity index is 1.43. The van der Waals surface area contributed by atoms with E-state index in [1.807, 2.05) is 23.1 Å². The minimum Gasteiger partial charge on any atom is -0.355 e. The largest absolute Gasteiger partial charge is 0.355 e. The van der Waals surface area contributed by atoms with Crippen molar-refractivity contribution in [3.05, 3.63) is 57.8 Å². The van der Waals surface area contributed by atoms with Crippen LogP contribution >= 0.6 is 11.3 Å². The summed E-state index contributed by atoms with van der Waals surface area (Å²) in [6.07, 6.45) is 5.54. The minimum absolute atomic E-state index is 0.0146. The van der Waals surface area contributed by atoms with Crippen LogP contribution in [0.25, 0.3) is 0 Å². The van der Waals surface area contributed by atoms with Crippen molar-refractivity contribution >= 4 is 23.2 Å². The quantitative estimate of drug-likeness (QED) is 0.852. The van der Waals surface area contributed by atoms with Gasteiger partial charge < -0.3 is 10.2 Å². The Kier molecular flexibility index (Phi) is 5.58. The molecule has 2 aliphatic rings. The zero-order valence-corrected chi connectivity index (χ0v) is 16.3. The van der Waals surface area contributed by atoms with Gasteiger partial charge in [-0.15, -0.1) is 11.3 Å². The van der Waals surface area contributed by atoms with Crippen molar-refractivity contribution in [2.24, 2.45) is 5.92 Å². The highest BCUT2D eigenvalue weighted by molar-refractivity contribution is 7.10. The molecule has 1 fully saturated rings. The maximum Gasteiger partial charge on any atom is 0.225 e. The van der Waals surface area contributed by atoms with Crippen LogP contribution < -0.4 is 5.32 Å². The number of hydrogen-bond donors (Lipinski definition) is 1. The summed E-state index contributed by atoms with van der Waals surface area (Å²) >= 11 is 1.78. The highest BCUT2D eigenvalue weighted by Crippen LogP contribution is 2.37. The molecule has 5 heteroatoms. The number of thiophene rings is 1. The van der Waals surface area contributed by atoms with E-state index in [1.165, 1.54) is 10.4 Å². The number of carbonyl (C=O) groups is 2. The number of benzene rings is 1. The Bertz CT molecular complexity index is 796. The number of fused-ring (bicyclic) bond motifs is 1. The molecular formula is C22H26N2O2S. The molecule has 1 aromatic heterocycles. The predicted molar refractivity (Wildman–Crippen MR) is 108 cm³/mol. The zero-order chi connectivity index (χ0) is 18.6. The Morgan fingerprint density at radius 1 is 1.11 bits per heavy atom. The van der Waals surface area contributed by atoms with E-state index < -0.39 is 0 Å². The first-order chi connectivity index (χ1) is 13.2. The van der Waals surface area contributed by atoms with E-state index in [0.29, 0.717) is 13.0 Å². The number of nitrogens with one attached hydrogen (secondary N) is 1. The molecule has 0 bridgehead atoms. The lowest BCUT2D eigenvalue weighted by Crippen LogP contribution is -2.41. The number of amides is 2. The second kappa shape index (κ2) is 8.26. The summed E-state index contributed by atoms with van der Waals surface area (Å²) in [5.74, 6) is 0.395. The molecule has 1 aliphatic carbocycles. The third-order valence-electron chi connectivity index (χ3n) is 5.77. The van der Waals surface area contributed by atoms with Gasteiger partial charge in [0.25, 0.3) is 0 Å². The SMILES string of the molecule is O=C(NCCC(=O)N1CCc2sccc2[C@H]1c1ccccc1)C1CCCC1. The van der Waals surface area contributed by atoms with E-state index >= 15 is 0 Å². The maximum atomic E-state index is 13.0. The van der Waals surface area contributed by atoms with Crippen molar-refractivity contribution < 1.29 is 9.59 Å². The van der Waals surface area contributed by atoms with Gasteiger partial charge >= 0.3 is 0 Å². The van der Waals surface area contributed by atoms with Gasteiger partial charge in [0.15, 0.2) is 0 Å². The van der Waals surface area contributed by atoms with Crippen LogP contribution in [0, 0.1) is 5.92 Å². The van der Waals surface area contributed by atoms with Gasteiger partial charge in [-0.25, -0.2) is 0 Å². The summed E-state index contributed by atoms with van der Waals surface area (Å²) in [6, 6.07) is 12.4. The standard InChI is InChI=1S/C22H26N2O2S/c25-20(10-13-23-22(26)17-8-4-5-9-17)24-14-11-19-18(12-15-27-19)21(24)16-6-2-1-3-7-16/h1-3,6-7,12,15,17,21H,4-5,8-11,13-14H2,(H,23,26)/t21-/m1/s1. The molecule has 1 aliphatic heterocycles. The molecule has 0 saturated heterocycles. The fourth-order valence-corrected chi connectivity index (χ4v) is 5.25. The van der Waals surface area contributed by atoms with Crippen LogP contribution in [-0.4, -0.2) is 29.8 Å². The lowest BCUT2D eigenvalue weighted by atomic mass is 9.93. The molecule has 1 N–H and O–H groups in total. The zero-order valence-electron chi connectivity index (χ0n) is 15.5. The van der Waals surface area contributed by atoms with Crippen LogP contribution in [0.3, 0.4) is 0 Å². The molecule has 4 nitrogen and oxygen atoms in total. The lowest BCUT2D eigenvalue weighted by molar-refractivity contribution is -0.133. The number of nitrogens with zero attached hydrogens (tertiary/aromatic N) is 1. The van der Waals surface area contributed by atoms with Crippen molar-refractivity contribution in [1.29, 1.82) is 0 Å². The van der Waals surface area contributed by atoms with Crippen LogP contribution in [0.15, 0.2) is 41.8 Å². The van der Waals surface area contributed by atoms with Gasteiger partial charge in [-0.05, 0) is 41.8 Å². The molecule has 4 rings (SSSR count). The van der Waals surface area contributed by atoms with E-state index in [-0.39, 0.29) is 23.8 Å². The van der Waals surface area contributed by atoms with Gasteiger partial charge in [0, 0.05) is 30.3 Å². The summed E-state index contributed by atoms with van der Waals surface area (Å²) in [7, 11) is 0. The first kappa shape index (κ1) is 18.2. The molecule has 1 aromatic carbocycles. The number of carbonyl (C=O) groups excluding carboxylic acids is 2. The Hall–Kier alpha value is -2.14. The molecule has 2 amide bonds. The Morgan fingerprint density at radius 3 is 2.67 bits per heavy atom. The fraction of sp³-hybridized carbons (Fsp3) is 0.455. The van der Waals surface area contributed by atoms with Gasteiger partial charge in [-0.3, -0.25) is 9.59 Å². The second-order valence-electron chi connectivity index (χ2n) is 7.47. The molecule has 27 heavy (non-hydrogen) atoms. The van der Waals surface area contributed by atoms with Crippen LogP contribution in [-0.2, 0) is 16.0 Å². The van der Waals surface area contributed by atoms with Crippen molar-refractivity contribution in [1.82, 2.24) is 10.2 Å². The molecule has 2 aromatic rings. The Morgan fingerprint density at radius 2 is 1.89 bits per heavy atom. The summed E-state index contributed by atoms with van der Waals surface area (Å²) in [6.45, 7) is 1.17. The van der Waals surface area contributed by atoms with Crippen molar-refractivity contribution in [3.8, 4) is 0 Å². The van der Waals surface area contributed by atoms with Crippen molar-refractivity contribution in [2.45, 2.75) is 44.6 Å². The summed E-state index contributed by atoms with van der Waals surface area (Å²) in [4.78, 5) is 28.5. The first-order valence-corrected chi connectivity index (χ1v) is 10.8. The van der Waals surface area contributed by atoms with Gasteiger partial charge in [0.1, 0.15) is 0 Å². The monoisotopic (exact) mass is 382 g/mol. The normalized spacial score (nSPS) is 19.7. The smallest absolute Gasteiger partial charge is 0.225 e. The summed E-state index contributed by atoms with van der Waals surface area (Å²) in [5, 5.41) is 5.10. The van der Waals surface area contributed by atoms with Gasteiger partial charge in [0.05, 0.1) is 6.04 Å². The average molecular weight is 383 g/mol. The number of rotatable bonds is 5. The second-order valence-corrected chi connectivity index (χ2v) is 8.47. The molecule has 2 heterocycles. The van der Waals surface area contributed by atoms with Gasteiger partial charge in [-0.2, -0.15) is 0 Å². The molecule has 142 valence electrons. The molecule has 1 atom stereocenters. The van der Waals surface area contributed by atoms with E-state index in [9.17, 15) is 9.59 Å². The average Bonchev–Trinajstić information content (AvgIpc) is 3.39. The highest BCUT2D eigenvalue weighted by Gasteiger charge is 2.32. The topological polar surface area (TPSA) is 49.4 Å². The summed E-state index contributed by atoms with van der Waals surface area (Å²) in [5.41, 5.74) is 2.40. The highest BCUT2D eigenvalue weighted by atomic mass is 32.1. The molecule has 1 saturated carbocycles. The van der Waals surface area contributed by atoms with Crippen LogP contribution in [0.1, 0.15) is 54.1 Å². The molecule has 0 radical (unpaired) electrons. The first-order valence-electron chi connectivity index (χ1n) is 9.92. The fourth-order valence-electron chi connectivity index (χ4n) is 4.35. The predicted octanol–water partition coefficient (Wildman–Crippen LogP) is 3.92. The van der Waals surface area contributed by atoms with E-state index in [4.69, 9.17) is 0 Å². The van der Waals surface area contributed by atoms with Gasteiger partial charge in [0.2, 0.25) is 11.8 Å². The van der Waals surface area contributed by atoms with Gasteiger partial charge in [-0.1, -0.05) is 43.2 Å². The van der Waals surface area contributed by atoms with Crippen LogP contribution in [0.5, 0.6) is 0 Å². The molecular weight excluding hydrogens is 356 g/mol. The third kappa shape index (κ3) is 3.93. The lowest BCUT2D eigenvalue weighted by Gasteiger charge is -2.36.